The largest absolute Gasteiger partial charge is 1.00 e. The van der Waals surface area contributed by atoms with E-state index in [1.54, 1.807) is 30.3 Å². The summed E-state index contributed by atoms with van der Waals surface area (Å²) in [5.74, 6) is -0.921. The van der Waals surface area contributed by atoms with Crippen LogP contribution in [0.2, 0.25) is 0 Å². The van der Waals surface area contributed by atoms with Gasteiger partial charge in [0.25, 0.3) is 0 Å². The second-order valence-corrected chi connectivity index (χ2v) is 9.70. The molecule has 6 nitrogen and oxygen atoms in total. The van der Waals surface area contributed by atoms with Crippen LogP contribution in [-0.2, 0) is 0 Å². The molecule has 0 aromatic heterocycles. The van der Waals surface area contributed by atoms with Crippen molar-refractivity contribution in [2.24, 2.45) is 0 Å². The molecule has 1 aliphatic carbocycles. The van der Waals surface area contributed by atoms with Crippen molar-refractivity contribution in [3.05, 3.63) is 70.1 Å². The number of phenols is 1. The number of thiocyanates is 1. The number of aromatic carboxylic acids is 1. The Bertz CT molecular complexity index is 1480. The molecule has 0 fully saturated rings. The van der Waals surface area contributed by atoms with Gasteiger partial charge in [-0.1, -0.05) is 30.8 Å². The minimum absolute atomic E-state index is 0. The third-order valence-corrected chi connectivity index (χ3v) is 7.10. The molecular weight excluding hydrogens is 744 g/mol. The fourth-order valence-corrected chi connectivity index (χ4v) is 5.57. The molecule has 2 aromatic rings. The van der Waals surface area contributed by atoms with Gasteiger partial charge in [0.05, 0.1) is 14.5 Å². The number of benzene rings is 3. The fourth-order valence-electron chi connectivity index (χ4n) is 3.17. The molecule has 4 rings (SSSR count). The maximum absolute atomic E-state index is 12.4. The topological polar surface area (TPSA) is 112 Å². The first-order chi connectivity index (χ1) is 15.1. The Kier molecular flexibility index (Phi) is 12.9. The number of rotatable bonds is 2. The van der Waals surface area contributed by atoms with Crippen LogP contribution in [0.25, 0.3) is 33.4 Å². The van der Waals surface area contributed by atoms with E-state index in [1.165, 1.54) is 11.5 Å². The molecule has 13 heteroatoms. The number of carboxylic acids is 1. The first-order valence-corrected chi connectivity index (χ1v) is 12.1. The molecular formula is C21H11Br4NNa2O5S. The normalized spacial score (nSPS) is 9.88. The minimum atomic E-state index is -1.09. The zero-order valence-corrected chi connectivity index (χ0v) is 28.7. The van der Waals surface area contributed by atoms with Crippen LogP contribution >= 0.6 is 76.3 Å². The molecule has 1 heterocycles. The molecule has 2 N–H and O–H groups in total. The van der Waals surface area contributed by atoms with Crippen LogP contribution in [0.5, 0.6) is 5.75 Å². The van der Waals surface area contributed by atoms with Gasteiger partial charge in [0, 0.05) is 16.5 Å². The second-order valence-electron chi connectivity index (χ2n) is 6.20. The predicted octanol–water partition coefficient (Wildman–Crippen LogP) is 1.65. The smallest absolute Gasteiger partial charge is 1.00 e. The van der Waals surface area contributed by atoms with Crippen molar-refractivity contribution in [1.29, 1.82) is 5.26 Å². The number of halogens is 4. The van der Waals surface area contributed by atoms with E-state index in [2.05, 4.69) is 76.3 Å². The molecule has 1 aliphatic heterocycles. The Morgan fingerprint density at radius 3 is 2.21 bits per heavy atom. The maximum atomic E-state index is 12.4. The number of carbonyl (C=O) groups is 1. The fraction of sp³-hybridized carbons (Fsp3) is 0. The van der Waals surface area contributed by atoms with Crippen molar-refractivity contribution in [3.8, 4) is 33.6 Å². The first kappa shape index (κ1) is 32.2. The van der Waals surface area contributed by atoms with Crippen LogP contribution in [-0.4, -0.2) is 16.2 Å². The van der Waals surface area contributed by atoms with E-state index < -0.39 is 5.97 Å². The first-order valence-electron chi connectivity index (χ1n) is 8.45. The summed E-state index contributed by atoms with van der Waals surface area (Å²) in [5, 5.41) is 29.2. The average molecular weight is 755 g/mol. The summed E-state index contributed by atoms with van der Waals surface area (Å²) < 4.78 is 7.17. The van der Waals surface area contributed by atoms with Gasteiger partial charge in [-0.3, -0.25) is 4.79 Å². The molecule has 0 atom stereocenters. The molecule has 0 saturated heterocycles. The van der Waals surface area contributed by atoms with Crippen molar-refractivity contribution in [3.63, 3.8) is 0 Å². The Morgan fingerprint density at radius 1 is 1.03 bits per heavy atom. The van der Waals surface area contributed by atoms with Crippen LogP contribution < -0.4 is 64.5 Å². The van der Waals surface area contributed by atoms with E-state index in [1.807, 2.05) is 0 Å². The Hall–Kier alpha value is 0.160. The number of thiol groups is 1. The predicted molar refractivity (Wildman–Crippen MR) is 141 cm³/mol. The van der Waals surface area contributed by atoms with Crippen LogP contribution in [0.1, 0.15) is 13.2 Å². The van der Waals surface area contributed by atoms with Gasteiger partial charge < -0.3 is 17.5 Å². The number of nitriles is 1. The SMILES string of the molecule is N#CS.O=C(O)c1ccccc1-c1c2cc(Br)c(=O)c(Br)c-2oc2c(Br)c(O)c(Br)cc12.[H-].[H-].[Na+].[Na+]. The van der Waals surface area contributed by atoms with E-state index in [0.717, 1.165) is 0 Å². The molecule has 0 spiro atoms. The van der Waals surface area contributed by atoms with Crippen molar-refractivity contribution >= 4 is 93.3 Å². The summed E-state index contributed by atoms with van der Waals surface area (Å²) in [6.07, 6.45) is 0. The van der Waals surface area contributed by atoms with E-state index in [0.29, 0.717) is 31.0 Å². The van der Waals surface area contributed by atoms with Crippen molar-refractivity contribution < 1.29 is 81.4 Å². The van der Waals surface area contributed by atoms with Crippen LogP contribution in [0.3, 0.4) is 0 Å². The quantitative estimate of drug-likeness (QED) is 0.124. The van der Waals surface area contributed by atoms with Crippen molar-refractivity contribution in [2.45, 2.75) is 0 Å². The minimum Gasteiger partial charge on any atom is -1.00 e. The van der Waals surface area contributed by atoms with Gasteiger partial charge in [-0.2, -0.15) is 5.26 Å². The number of carboxylic acid groups (broad SMARTS) is 1. The molecule has 34 heavy (non-hydrogen) atoms. The summed E-state index contributed by atoms with van der Waals surface area (Å²) in [7, 11) is 0. The van der Waals surface area contributed by atoms with Gasteiger partial charge in [0.15, 0.2) is 11.3 Å². The summed E-state index contributed by atoms with van der Waals surface area (Å²) in [5.41, 5.74) is 1.61. The number of fused-ring (bicyclic) bond motifs is 2. The summed E-state index contributed by atoms with van der Waals surface area (Å²) >= 11 is 16.3. The molecule has 0 amide bonds. The van der Waals surface area contributed by atoms with Gasteiger partial charge in [0.1, 0.15) is 20.1 Å². The van der Waals surface area contributed by atoms with Crippen LogP contribution in [0.4, 0.5) is 0 Å². The second kappa shape index (κ2) is 13.6. The van der Waals surface area contributed by atoms with Crippen molar-refractivity contribution in [1.82, 2.24) is 0 Å². The third-order valence-electron chi connectivity index (χ3n) is 4.45. The van der Waals surface area contributed by atoms with Gasteiger partial charge in [-0.25, -0.2) is 4.79 Å². The zero-order chi connectivity index (χ0) is 23.7. The molecule has 0 radical (unpaired) electrons. The molecule has 0 bridgehead atoms. The Labute approximate surface area is 279 Å². The Balaban J connectivity index is 0. The summed E-state index contributed by atoms with van der Waals surface area (Å²) in [6, 6.07) is 9.84. The summed E-state index contributed by atoms with van der Waals surface area (Å²) in [6.45, 7) is 0. The molecule has 2 aromatic carbocycles. The standard InChI is InChI=1S/C20H8Br4O5.CHNS.2Na.2H/c21-11-5-9-13(7-3-1-2-4-8(7)20(27)28)10-6-12(22)17(26)15(24)19(10)29-18(9)14(23)16(11)25;2-1-3;;;;/h1-6,25H,(H,27,28);3H;;;;/q;;2*+1;2*-1. The molecule has 2 aliphatic rings. The maximum Gasteiger partial charge on any atom is 1.00 e. The number of nitrogens with zero attached hydrogens (tertiary/aromatic N) is 1. The monoisotopic (exact) mass is 751 g/mol. The number of aromatic hydroxyl groups is 1. The van der Waals surface area contributed by atoms with E-state index in [-0.39, 0.29) is 99.0 Å². The zero-order valence-electron chi connectivity index (χ0n) is 19.5. The number of phenolic OH excluding ortho intramolecular Hbond substituents is 1. The van der Waals surface area contributed by atoms with Crippen LogP contribution in [0, 0.1) is 10.7 Å². The van der Waals surface area contributed by atoms with Gasteiger partial charge in [0.2, 0.25) is 5.43 Å². The average Bonchev–Trinajstić information content (AvgIpc) is 2.76. The number of hydrogen-bond donors (Lipinski definition) is 3. The van der Waals surface area contributed by atoms with E-state index in [4.69, 9.17) is 9.68 Å². The third kappa shape index (κ3) is 6.17. The number of hydrogen-bond acceptors (Lipinski definition) is 6. The Morgan fingerprint density at radius 2 is 1.62 bits per heavy atom. The summed E-state index contributed by atoms with van der Waals surface area (Å²) in [4.78, 5) is 24.3. The van der Waals surface area contributed by atoms with Gasteiger partial charge in [-0.15, -0.1) is 0 Å². The molecule has 166 valence electrons. The van der Waals surface area contributed by atoms with E-state index in [9.17, 15) is 19.8 Å². The van der Waals surface area contributed by atoms with Crippen LogP contribution in [0.15, 0.2) is 63.5 Å². The van der Waals surface area contributed by atoms with Crippen molar-refractivity contribution in [2.75, 3.05) is 0 Å². The molecule has 0 saturated carbocycles. The van der Waals surface area contributed by atoms with Gasteiger partial charge >= 0.3 is 65.1 Å². The van der Waals surface area contributed by atoms with E-state index >= 15 is 0 Å². The molecule has 0 unspecified atom stereocenters. The van der Waals surface area contributed by atoms with Gasteiger partial charge in [-0.05, 0) is 87.5 Å².